The highest BCUT2D eigenvalue weighted by molar-refractivity contribution is 5.92. The average molecular weight is 264 g/mol. The number of carbonyl (C=O) groups is 1. The zero-order chi connectivity index (χ0) is 14.0. The third-order valence-corrected chi connectivity index (χ3v) is 4.03. The van der Waals surface area contributed by atoms with Crippen molar-refractivity contribution in [3.63, 3.8) is 0 Å². The molecule has 0 aliphatic carbocycles. The van der Waals surface area contributed by atoms with E-state index in [2.05, 4.69) is 29.6 Å². The molecule has 1 saturated heterocycles. The van der Waals surface area contributed by atoms with E-state index in [0.717, 1.165) is 12.2 Å². The van der Waals surface area contributed by atoms with Gasteiger partial charge in [-0.1, -0.05) is 13.8 Å². The molecule has 2 rings (SSSR count). The summed E-state index contributed by atoms with van der Waals surface area (Å²) in [6.07, 6.45) is 2.41. The maximum Gasteiger partial charge on any atom is 0.269 e. The van der Waals surface area contributed by atoms with E-state index < -0.39 is 0 Å². The van der Waals surface area contributed by atoms with E-state index in [4.69, 9.17) is 0 Å². The molecule has 0 radical (unpaired) electrons. The summed E-state index contributed by atoms with van der Waals surface area (Å²) >= 11 is 0. The van der Waals surface area contributed by atoms with Crippen molar-refractivity contribution in [3.8, 4) is 0 Å². The predicted molar refractivity (Wildman–Crippen MR) is 75.1 cm³/mol. The Hall–Kier alpha value is -1.36. The van der Waals surface area contributed by atoms with Crippen molar-refractivity contribution in [2.45, 2.75) is 39.7 Å². The van der Waals surface area contributed by atoms with E-state index in [-0.39, 0.29) is 11.3 Å². The number of hydrogen-bond acceptors (Lipinski definition) is 3. The van der Waals surface area contributed by atoms with Gasteiger partial charge in [-0.05, 0) is 37.8 Å². The third kappa shape index (κ3) is 3.15. The van der Waals surface area contributed by atoms with Gasteiger partial charge in [0.05, 0.1) is 5.69 Å². The lowest BCUT2D eigenvalue weighted by Crippen LogP contribution is -2.52. The molecule has 1 fully saturated rings. The molecule has 0 saturated carbocycles. The molecule has 1 atom stereocenters. The zero-order valence-electron chi connectivity index (χ0n) is 12.3. The van der Waals surface area contributed by atoms with Gasteiger partial charge in [0.2, 0.25) is 0 Å². The summed E-state index contributed by atoms with van der Waals surface area (Å²) in [5, 5.41) is 10.7. The molecule has 2 N–H and O–H groups in total. The normalized spacial score (nSPS) is 22.2. The topological polar surface area (TPSA) is 59.0 Å². The lowest BCUT2D eigenvalue weighted by atomic mass is 9.77. The number of hydrogen-bond donors (Lipinski definition) is 2. The van der Waals surface area contributed by atoms with Gasteiger partial charge in [-0.2, -0.15) is 5.10 Å². The highest BCUT2D eigenvalue weighted by Gasteiger charge is 2.32. The molecular weight excluding hydrogens is 240 g/mol. The summed E-state index contributed by atoms with van der Waals surface area (Å²) < 4.78 is 1.63. The first-order valence-corrected chi connectivity index (χ1v) is 6.92. The quantitative estimate of drug-likeness (QED) is 0.863. The van der Waals surface area contributed by atoms with E-state index in [1.807, 2.05) is 13.0 Å². The summed E-state index contributed by atoms with van der Waals surface area (Å²) in [4.78, 5) is 12.1. The molecular formula is C14H24N4O. The van der Waals surface area contributed by atoms with E-state index in [9.17, 15) is 4.79 Å². The van der Waals surface area contributed by atoms with E-state index in [1.165, 1.54) is 12.8 Å². The van der Waals surface area contributed by atoms with Crippen LogP contribution in [0.5, 0.6) is 0 Å². The van der Waals surface area contributed by atoms with Crippen LogP contribution in [0.3, 0.4) is 0 Å². The Kier molecular flexibility index (Phi) is 3.94. The fraction of sp³-hybridized carbons (Fsp3) is 0.714. The van der Waals surface area contributed by atoms with Crippen molar-refractivity contribution in [2.75, 3.05) is 13.1 Å². The molecule has 0 bridgehead atoms. The standard InChI is InChI=1S/C14H24N4O/c1-10-8-11(18(4)17-10)13(19)16-9-12-14(2,3)6-5-7-15-12/h8,12,15H,5-7,9H2,1-4H3,(H,16,19). The van der Waals surface area contributed by atoms with Crippen LogP contribution in [0.4, 0.5) is 0 Å². The molecule has 2 heterocycles. The first-order valence-electron chi connectivity index (χ1n) is 6.92. The summed E-state index contributed by atoms with van der Waals surface area (Å²) in [7, 11) is 1.80. The van der Waals surface area contributed by atoms with Crippen molar-refractivity contribution < 1.29 is 4.79 Å². The first kappa shape index (κ1) is 14.1. The molecule has 5 nitrogen and oxygen atoms in total. The monoisotopic (exact) mass is 264 g/mol. The van der Waals surface area contributed by atoms with Crippen LogP contribution in [0.1, 0.15) is 42.9 Å². The lowest BCUT2D eigenvalue weighted by Gasteiger charge is -2.39. The second-order valence-electron chi connectivity index (χ2n) is 6.10. The van der Waals surface area contributed by atoms with Gasteiger partial charge >= 0.3 is 0 Å². The summed E-state index contributed by atoms with van der Waals surface area (Å²) in [5.74, 6) is -0.0497. The van der Waals surface area contributed by atoms with Gasteiger partial charge in [-0.25, -0.2) is 0 Å². The van der Waals surface area contributed by atoms with Crippen molar-refractivity contribution in [3.05, 3.63) is 17.5 Å². The third-order valence-electron chi connectivity index (χ3n) is 4.03. The molecule has 106 valence electrons. The second kappa shape index (κ2) is 5.33. The summed E-state index contributed by atoms with van der Waals surface area (Å²) in [6.45, 7) is 8.10. The van der Waals surface area contributed by atoms with Crippen LogP contribution in [0.15, 0.2) is 6.07 Å². The molecule has 0 spiro atoms. The minimum atomic E-state index is -0.0497. The smallest absolute Gasteiger partial charge is 0.269 e. The van der Waals surface area contributed by atoms with Crippen molar-refractivity contribution >= 4 is 5.91 Å². The maximum absolute atomic E-state index is 12.1. The number of rotatable bonds is 3. The molecule has 1 aromatic heterocycles. The first-order chi connectivity index (χ1) is 8.90. The number of amides is 1. The van der Waals surface area contributed by atoms with Gasteiger partial charge < -0.3 is 10.6 Å². The lowest BCUT2D eigenvalue weighted by molar-refractivity contribution is 0.0919. The number of nitrogens with one attached hydrogen (secondary N) is 2. The maximum atomic E-state index is 12.1. The minimum absolute atomic E-state index is 0.0497. The number of aromatic nitrogens is 2. The number of piperidine rings is 1. The molecule has 1 aliphatic rings. The molecule has 0 aromatic carbocycles. The summed E-state index contributed by atoms with van der Waals surface area (Å²) in [6, 6.07) is 2.15. The van der Waals surface area contributed by atoms with Gasteiger partial charge in [0.1, 0.15) is 5.69 Å². The SMILES string of the molecule is Cc1cc(C(=O)NCC2NCCCC2(C)C)n(C)n1. The highest BCUT2D eigenvalue weighted by Crippen LogP contribution is 2.29. The van der Waals surface area contributed by atoms with Crippen LogP contribution in [-0.4, -0.2) is 34.8 Å². The fourth-order valence-corrected chi connectivity index (χ4v) is 2.73. The van der Waals surface area contributed by atoms with Crippen LogP contribution in [0.25, 0.3) is 0 Å². The van der Waals surface area contributed by atoms with E-state index in [1.54, 1.807) is 11.7 Å². The van der Waals surface area contributed by atoms with Crippen LogP contribution in [0, 0.1) is 12.3 Å². The van der Waals surface area contributed by atoms with Crippen LogP contribution in [-0.2, 0) is 7.05 Å². The highest BCUT2D eigenvalue weighted by atomic mass is 16.2. The molecule has 1 aromatic rings. The Bertz CT molecular complexity index is 464. The van der Waals surface area contributed by atoms with Crippen molar-refractivity contribution in [1.82, 2.24) is 20.4 Å². The Morgan fingerprint density at radius 1 is 1.63 bits per heavy atom. The Balaban J connectivity index is 1.95. The van der Waals surface area contributed by atoms with Gasteiger partial charge in [0.15, 0.2) is 0 Å². The molecule has 1 unspecified atom stereocenters. The number of nitrogens with zero attached hydrogens (tertiary/aromatic N) is 2. The van der Waals surface area contributed by atoms with Gasteiger partial charge in [-0.3, -0.25) is 9.48 Å². The van der Waals surface area contributed by atoms with Crippen LogP contribution >= 0.6 is 0 Å². The Labute approximate surface area is 114 Å². The second-order valence-corrected chi connectivity index (χ2v) is 6.10. The molecule has 1 amide bonds. The van der Waals surface area contributed by atoms with Crippen molar-refractivity contribution in [1.29, 1.82) is 0 Å². The largest absolute Gasteiger partial charge is 0.349 e. The van der Waals surface area contributed by atoms with Gasteiger partial charge in [0, 0.05) is 19.6 Å². The summed E-state index contributed by atoms with van der Waals surface area (Å²) in [5.41, 5.74) is 1.71. The predicted octanol–water partition coefficient (Wildman–Crippen LogP) is 1.24. The molecule has 5 heteroatoms. The molecule has 19 heavy (non-hydrogen) atoms. The fourth-order valence-electron chi connectivity index (χ4n) is 2.73. The van der Waals surface area contributed by atoms with Crippen LogP contribution < -0.4 is 10.6 Å². The average Bonchev–Trinajstić information content (AvgIpc) is 2.66. The Morgan fingerprint density at radius 2 is 2.37 bits per heavy atom. The molecule has 1 aliphatic heterocycles. The van der Waals surface area contributed by atoms with Crippen molar-refractivity contribution in [2.24, 2.45) is 12.5 Å². The van der Waals surface area contributed by atoms with Gasteiger partial charge in [0.25, 0.3) is 5.91 Å². The van der Waals surface area contributed by atoms with E-state index in [0.29, 0.717) is 18.3 Å². The van der Waals surface area contributed by atoms with Crippen LogP contribution in [0.2, 0.25) is 0 Å². The van der Waals surface area contributed by atoms with Gasteiger partial charge in [-0.15, -0.1) is 0 Å². The number of aryl methyl sites for hydroxylation is 2. The zero-order valence-corrected chi connectivity index (χ0v) is 12.3. The van der Waals surface area contributed by atoms with E-state index >= 15 is 0 Å². The minimum Gasteiger partial charge on any atom is -0.349 e. The Morgan fingerprint density at radius 3 is 2.95 bits per heavy atom. The number of carbonyl (C=O) groups excluding carboxylic acids is 1.